The average molecular weight is 278 g/mol. The first-order valence-corrected chi connectivity index (χ1v) is 6.36. The van der Waals surface area contributed by atoms with Crippen molar-refractivity contribution in [2.24, 2.45) is 10.9 Å². The van der Waals surface area contributed by atoms with Crippen LogP contribution in [0, 0.1) is 20.8 Å². The normalized spacial score (nSPS) is 11.8. The molecule has 0 aliphatic carbocycles. The maximum absolute atomic E-state index is 8.87. The molecule has 2 rings (SSSR count). The SMILES string of the molecule is Cc1cc(C)c(/C(N)=N/O)c(Sc2n[nH]c(C)n2)n1. The Bertz CT molecular complexity index is 636. The quantitative estimate of drug-likeness (QED) is 0.338. The Balaban J connectivity index is 2.48. The van der Waals surface area contributed by atoms with E-state index in [0.29, 0.717) is 15.7 Å². The molecule has 2 aromatic heterocycles. The van der Waals surface area contributed by atoms with Crippen LogP contribution in [0.4, 0.5) is 0 Å². The van der Waals surface area contributed by atoms with E-state index in [1.165, 1.54) is 11.8 Å². The third-order valence-corrected chi connectivity index (χ3v) is 3.29. The smallest absolute Gasteiger partial charge is 0.214 e. The first kappa shape index (κ1) is 13.3. The van der Waals surface area contributed by atoms with E-state index in [-0.39, 0.29) is 5.84 Å². The van der Waals surface area contributed by atoms with Gasteiger partial charge in [0.1, 0.15) is 10.9 Å². The van der Waals surface area contributed by atoms with Gasteiger partial charge in [0.25, 0.3) is 0 Å². The van der Waals surface area contributed by atoms with E-state index in [1.54, 1.807) is 0 Å². The highest BCUT2D eigenvalue weighted by Crippen LogP contribution is 2.28. The molecule has 0 fully saturated rings. The monoisotopic (exact) mass is 278 g/mol. The number of aromatic nitrogens is 4. The topological polar surface area (TPSA) is 113 Å². The van der Waals surface area contributed by atoms with Crippen LogP contribution in [0.5, 0.6) is 0 Å². The summed E-state index contributed by atoms with van der Waals surface area (Å²) in [6.07, 6.45) is 0. The zero-order chi connectivity index (χ0) is 14.0. The Morgan fingerprint density at radius 2 is 2.11 bits per heavy atom. The van der Waals surface area contributed by atoms with Crippen molar-refractivity contribution in [3.8, 4) is 0 Å². The molecule has 2 heterocycles. The number of aryl methyl sites for hydroxylation is 3. The Kier molecular flexibility index (Phi) is 3.70. The maximum Gasteiger partial charge on any atom is 0.214 e. The van der Waals surface area contributed by atoms with Gasteiger partial charge in [0.15, 0.2) is 5.84 Å². The molecule has 0 amide bonds. The summed E-state index contributed by atoms with van der Waals surface area (Å²) in [7, 11) is 0. The molecule has 8 heteroatoms. The Labute approximate surface area is 114 Å². The predicted molar refractivity (Wildman–Crippen MR) is 71.5 cm³/mol. The van der Waals surface area contributed by atoms with Crippen LogP contribution in [0.25, 0.3) is 0 Å². The van der Waals surface area contributed by atoms with Crippen molar-refractivity contribution in [2.75, 3.05) is 0 Å². The van der Waals surface area contributed by atoms with Gasteiger partial charge in [0.05, 0.1) is 5.56 Å². The molecule has 0 radical (unpaired) electrons. The number of oxime groups is 1. The number of nitrogens with two attached hydrogens (primary N) is 1. The van der Waals surface area contributed by atoms with E-state index in [0.717, 1.165) is 17.1 Å². The maximum atomic E-state index is 8.87. The van der Waals surface area contributed by atoms with Crippen molar-refractivity contribution < 1.29 is 5.21 Å². The van der Waals surface area contributed by atoms with E-state index in [4.69, 9.17) is 10.9 Å². The third kappa shape index (κ3) is 2.84. The largest absolute Gasteiger partial charge is 0.409 e. The fraction of sp³-hybridized carbons (Fsp3) is 0.273. The predicted octanol–water partition coefficient (Wildman–Crippen LogP) is 1.37. The first-order chi connectivity index (χ1) is 9.01. The van der Waals surface area contributed by atoms with Crippen LogP contribution in [0.3, 0.4) is 0 Å². The highest BCUT2D eigenvalue weighted by atomic mass is 32.2. The molecule has 0 atom stereocenters. The zero-order valence-corrected chi connectivity index (χ0v) is 11.6. The lowest BCUT2D eigenvalue weighted by Crippen LogP contribution is -2.17. The molecule has 19 heavy (non-hydrogen) atoms. The van der Waals surface area contributed by atoms with Gasteiger partial charge < -0.3 is 10.9 Å². The lowest BCUT2D eigenvalue weighted by Gasteiger charge is -2.09. The van der Waals surface area contributed by atoms with Gasteiger partial charge in [0, 0.05) is 5.69 Å². The van der Waals surface area contributed by atoms with Gasteiger partial charge in [-0.3, -0.25) is 5.10 Å². The van der Waals surface area contributed by atoms with Crippen LogP contribution >= 0.6 is 11.8 Å². The van der Waals surface area contributed by atoms with Crippen LogP contribution in [-0.2, 0) is 0 Å². The number of nitrogens with zero attached hydrogens (tertiary/aromatic N) is 4. The molecule has 0 saturated heterocycles. The number of pyridine rings is 1. The number of hydrogen-bond donors (Lipinski definition) is 3. The molecule has 0 aliphatic heterocycles. The van der Waals surface area contributed by atoms with Crippen molar-refractivity contribution in [3.63, 3.8) is 0 Å². The number of nitrogens with one attached hydrogen (secondary N) is 1. The molecule has 2 aromatic rings. The molecular weight excluding hydrogens is 264 g/mol. The first-order valence-electron chi connectivity index (χ1n) is 5.54. The van der Waals surface area contributed by atoms with Gasteiger partial charge in [-0.1, -0.05) is 5.16 Å². The molecule has 0 spiro atoms. The van der Waals surface area contributed by atoms with Crippen molar-refractivity contribution in [1.29, 1.82) is 0 Å². The van der Waals surface area contributed by atoms with Crippen LogP contribution < -0.4 is 5.73 Å². The Morgan fingerprint density at radius 3 is 2.68 bits per heavy atom. The molecule has 7 nitrogen and oxygen atoms in total. The number of aromatic amines is 1. The summed E-state index contributed by atoms with van der Waals surface area (Å²) in [6.45, 7) is 5.59. The van der Waals surface area contributed by atoms with Crippen molar-refractivity contribution in [3.05, 3.63) is 28.7 Å². The fourth-order valence-electron chi connectivity index (χ4n) is 1.69. The van der Waals surface area contributed by atoms with Gasteiger partial charge in [-0.25, -0.2) is 9.97 Å². The fourth-order valence-corrected chi connectivity index (χ4v) is 2.70. The second-order valence-electron chi connectivity index (χ2n) is 4.05. The summed E-state index contributed by atoms with van der Waals surface area (Å²) in [5.74, 6) is 0.747. The summed E-state index contributed by atoms with van der Waals surface area (Å²) in [6, 6.07) is 1.88. The second-order valence-corrected chi connectivity index (χ2v) is 5.01. The minimum atomic E-state index is 0.0276. The van der Waals surface area contributed by atoms with Crippen LogP contribution in [0.2, 0.25) is 0 Å². The summed E-state index contributed by atoms with van der Waals surface area (Å²) in [5, 5.41) is 19.9. The molecule has 100 valence electrons. The molecule has 0 unspecified atom stereocenters. The summed E-state index contributed by atoms with van der Waals surface area (Å²) >= 11 is 1.27. The van der Waals surface area contributed by atoms with E-state index >= 15 is 0 Å². The summed E-state index contributed by atoms with van der Waals surface area (Å²) in [5.41, 5.74) is 8.04. The molecule has 0 aromatic carbocycles. The minimum Gasteiger partial charge on any atom is -0.409 e. The van der Waals surface area contributed by atoms with Crippen molar-refractivity contribution in [2.45, 2.75) is 31.0 Å². The summed E-state index contributed by atoms with van der Waals surface area (Å²) in [4.78, 5) is 8.61. The number of rotatable bonds is 3. The minimum absolute atomic E-state index is 0.0276. The van der Waals surface area contributed by atoms with E-state index in [2.05, 4.69) is 25.3 Å². The van der Waals surface area contributed by atoms with E-state index in [1.807, 2.05) is 26.8 Å². The third-order valence-electron chi connectivity index (χ3n) is 2.44. The van der Waals surface area contributed by atoms with E-state index < -0.39 is 0 Å². The highest BCUT2D eigenvalue weighted by Gasteiger charge is 2.16. The molecule has 0 saturated carbocycles. The summed E-state index contributed by atoms with van der Waals surface area (Å²) < 4.78 is 0. The highest BCUT2D eigenvalue weighted by molar-refractivity contribution is 7.99. The Hall–Kier alpha value is -2.09. The molecule has 0 aliphatic rings. The molecule has 0 bridgehead atoms. The standard InChI is InChI=1S/C11H14N6OS/c1-5-4-6(2)13-10(8(5)9(12)17-18)19-11-14-7(3)15-16-11/h4,18H,1-3H3,(H2,12,17)(H,14,15,16). The van der Waals surface area contributed by atoms with Crippen LogP contribution in [0.15, 0.2) is 21.4 Å². The van der Waals surface area contributed by atoms with Gasteiger partial charge in [0.2, 0.25) is 5.16 Å². The van der Waals surface area contributed by atoms with Gasteiger partial charge in [-0.05, 0) is 44.2 Å². The van der Waals surface area contributed by atoms with Gasteiger partial charge in [-0.15, -0.1) is 5.10 Å². The van der Waals surface area contributed by atoms with Crippen molar-refractivity contribution in [1.82, 2.24) is 20.2 Å². The lowest BCUT2D eigenvalue weighted by molar-refractivity contribution is 0.318. The molecular formula is C11H14N6OS. The van der Waals surface area contributed by atoms with Gasteiger partial charge >= 0.3 is 0 Å². The molecule has 4 N–H and O–H groups in total. The number of H-pyrrole nitrogens is 1. The lowest BCUT2D eigenvalue weighted by atomic mass is 10.1. The zero-order valence-electron chi connectivity index (χ0n) is 10.8. The second kappa shape index (κ2) is 5.27. The van der Waals surface area contributed by atoms with Crippen molar-refractivity contribution >= 4 is 17.6 Å². The average Bonchev–Trinajstić information content (AvgIpc) is 2.73. The number of amidine groups is 1. The van der Waals surface area contributed by atoms with Crippen LogP contribution in [-0.4, -0.2) is 31.2 Å². The van der Waals surface area contributed by atoms with Crippen LogP contribution in [0.1, 0.15) is 22.6 Å². The number of hydrogen-bond acceptors (Lipinski definition) is 6. The van der Waals surface area contributed by atoms with Gasteiger partial charge in [-0.2, -0.15) is 0 Å². The van der Waals surface area contributed by atoms with E-state index in [9.17, 15) is 0 Å². The Morgan fingerprint density at radius 1 is 1.37 bits per heavy atom.